The Morgan fingerprint density at radius 1 is 1.60 bits per heavy atom. The molecule has 6 heteroatoms. The molecule has 0 rings (SSSR count). The molecule has 0 aromatic heterocycles. The molecule has 10 heavy (non-hydrogen) atoms. The number of carboxylic acids is 1. The molecular formula is C4H7NO5. The van der Waals surface area contributed by atoms with E-state index in [1.165, 1.54) is 0 Å². The van der Waals surface area contributed by atoms with Crippen molar-refractivity contribution in [3.63, 3.8) is 0 Å². The van der Waals surface area contributed by atoms with Gasteiger partial charge in [0.25, 0.3) is 0 Å². The van der Waals surface area contributed by atoms with Gasteiger partial charge in [0.1, 0.15) is 0 Å². The van der Waals surface area contributed by atoms with Gasteiger partial charge in [-0.2, -0.15) is 0 Å². The van der Waals surface area contributed by atoms with E-state index in [1.54, 1.807) is 0 Å². The molecule has 0 amide bonds. The van der Waals surface area contributed by atoms with Crippen molar-refractivity contribution >= 4 is 11.9 Å². The minimum absolute atomic E-state index is 0.931. The van der Waals surface area contributed by atoms with Crippen LogP contribution in [0, 0.1) is 0 Å². The summed E-state index contributed by atoms with van der Waals surface area (Å²) in [6.07, 6.45) is 0. The molecule has 0 aliphatic rings. The van der Waals surface area contributed by atoms with E-state index in [4.69, 9.17) is 10.2 Å². The Labute approximate surface area is 56.2 Å². The van der Waals surface area contributed by atoms with Crippen LogP contribution in [0.2, 0.25) is 0 Å². The fourth-order valence-corrected chi connectivity index (χ4v) is 0.263. The van der Waals surface area contributed by atoms with Crippen LogP contribution < -0.4 is 5.73 Å². The molecule has 0 fully saturated rings. The summed E-state index contributed by atoms with van der Waals surface area (Å²) in [6.45, 7) is 0.931. The summed E-state index contributed by atoms with van der Waals surface area (Å²) in [7, 11) is 0. The van der Waals surface area contributed by atoms with Gasteiger partial charge in [0.05, 0.1) is 0 Å². The van der Waals surface area contributed by atoms with Crippen LogP contribution in [0.1, 0.15) is 6.92 Å². The summed E-state index contributed by atoms with van der Waals surface area (Å²) in [4.78, 5) is 19.9. The van der Waals surface area contributed by atoms with Crippen LogP contribution in [0.15, 0.2) is 0 Å². The van der Waals surface area contributed by atoms with E-state index in [-0.39, 0.29) is 0 Å². The van der Waals surface area contributed by atoms with Gasteiger partial charge in [0.2, 0.25) is 0 Å². The van der Waals surface area contributed by atoms with E-state index in [0.29, 0.717) is 0 Å². The molecule has 0 aliphatic heterocycles. The highest BCUT2D eigenvalue weighted by Crippen LogP contribution is 1.97. The molecular weight excluding hydrogens is 142 g/mol. The van der Waals surface area contributed by atoms with E-state index in [9.17, 15) is 9.59 Å². The normalized spacial score (nSPS) is 15.5. The third-order valence-electron chi connectivity index (χ3n) is 0.606. The summed E-state index contributed by atoms with van der Waals surface area (Å²) in [5.41, 5.74) is 4.57. The molecule has 0 aliphatic carbocycles. The second-order valence-electron chi connectivity index (χ2n) is 1.60. The zero-order valence-corrected chi connectivity index (χ0v) is 5.20. The maximum Gasteiger partial charge on any atom is 0.394 e. The van der Waals surface area contributed by atoms with Crippen LogP contribution in [-0.4, -0.2) is 28.1 Å². The number of carbonyl (C=O) groups is 2. The van der Waals surface area contributed by atoms with Gasteiger partial charge < -0.3 is 14.9 Å². The van der Waals surface area contributed by atoms with Crippen molar-refractivity contribution in [2.45, 2.75) is 12.8 Å². The molecule has 6 nitrogen and oxygen atoms in total. The highest BCUT2D eigenvalue weighted by atomic mass is 16.7. The summed E-state index contributed by atoms with van der Waals surface area (Å²) >= 11 is 0. The Balaban J connectivity index is 4.13. The molecule has 58 valence electrons. The molecule has 1 atom stereocenters. The number of hydrogen-bond donors (Lipinski definition) is 3. The molecule has 0 aromatic carbocycles. The van der Waals surface area contributed by atoms with Crippen LogP contribution in [-0.2, 0) is 14.3 Å². The maximum absolute atomic E-state index is 10.0. The first kappa shape index (κ1) is 8.86. The molecule has 0 spiro atoms. The van der Waals surface area contributed by atoms with Gasteiger partial charge in [-0.15, -0.1) is 0 Å². The first-order valence-electron chi connectivity index (χ1n) is 2.30. The van der Waals surface area contributed by atoms with Crippen molar-refractivity contribution in [2.75, 3.05) is 0 Å². The Morgan fingerprint density at radius 3 is 2.10 bits per heavy atom. The van der Waals surface area contributed by atoms with Crippen LogP contribution in [0.5, 0.6) is 0 Å². The number of carbonyl (C=O) groups excluding carboxylic acids is 1. The predicted octanol–water partition coefficient (Wildman–Crippen LogP) is -1.76. The second kappa shape index (κ2) is 2.63. The van der Waals surface area contributed by atoms with E-state index in [2.05, 4.69) is 10.5 Å². The van der Waals surface area contributed by atoms with Crippen LogP contribution in [0.25, 0.3) is 0 Å². The molecule has 0 aromatic rings. The molecule has 0 bridgehead atoms. The van der Waals surface area contributed by atoms with Crippen LogP contribution in [0.4, 0.5) is 0 Å². The number of carboxylic acid groups (broad SMARTS) is 1. The van der Waals surface area contributed by atoms with E-state index in [0.717, 1.165) is 6.92 Å². The number of ether oxygens (including phenoxy) is 1. The van der Waals surface area contributed by atoms with Crippen LogP contribution in [0.3, 0.4) is 0 Å². The highest BCUT2D eigenvalue weighted by Gasteiger charge is 2.34. The highest BCUT2D eigenvalue weighted by molar-refractivity contribution is 5.78. The minimum atomic E-state index is -2.91. The minimum Gasteiger partial charge on any atom is -0.475 e. The van der Waals surface area contributed by atoms with Crippen molar-refractivity contribution < 1.29 is 24.5 Å². The zero-order chi connectivity index (χ0) is 8.36. The third kappa shape index (κ3) is 2.42. The first-order valence-corrected chi connectivity index (χ1v) is 2.30. The lowest BCUT2D eigenvalue weighted by Crippen LogP contribution is -2.51. The van der Waals surface area contributed by atoms with E-state index < -0.39 is 17.8 Å². The Kier molecular flexibility index (Phi) is 2.33. The van der Waals surface area contributed by atoms with Gasteiger partial charge in [-0.1, -0.05) is 0 Å². The smallest absolute Gasteiger partial charge is 0.394 e. The monoisotopic (exact) mass is 149 g/mol. The number of aliphatic hydroxyl groups is 1. The average Bonchev–Trinajstić information content (AvgIpc) is 1.60. The standard InChI is InChI=1S/C4H7NO5/c1-2(6)10-4(5,9)3(7)8/h9H,5H2,1H3,(H,7,8). The number of rotatable bonds is 2. The molecule has 0 saturated carbocycles. The van der Waals surface area contributed by atoms with Gasteiger partial charge in [-0.05, 0) is 0 Å². The fourth-order valence-electron chi connectivity index (χ4n) is 0.263. The summed E-state index contributed by atoms with van der Waals surface area (Å²) in [5, 5.41) is 16.5. The quantitative estimate of drug-likeness (QED) is 0.317. The molecule has 0 saturated heterocycles. The number of aliphatic carboxylic acids is 1. The number of esters is 1. The first-order chi connectivity index (χ1) is 4.36. The van der Waals surface area contributed by atoms with Gasteiger partial charge in [-0.25, -0.2) is 4.79 Å². The summed E-state index contributed by atoms with van der Waals surface area (Å²) in [5.74, 6) is -5.69. The van der Waals surface area contributed by atoms with E-state index in [1.807, 2.05) is 0 Å². The number of hydrogen-bond acceptors (Lipinski definition) is 5. The molecule has 1 unspecified atom stereocenters. The molecule has 4 N–H and O–H groups in total. The van der Waals surface area contributed by atoms with Crippen molar-refractivity contribution in [2.24, 2.45) is 5.73 Å². The van der Waals surface area contributed by atoms with Gasteiger partial charge in [0.15, 0.2) is 0 Å². The van der Waals surface area contributed by atoms with E-state index >= 15 is 0 Å². The van der Waals surface area contributed by atoms with Crippen LogP contribution >= 0.6 is 0 Å². The largest absolute Gasteiger partial charge is 0.475 e. The Bertz CT molecular complexity index is 163. The lowest BCUT2D eigenvalue weighted by atomic mass is 10.5. The third-order valence-corrected chi connectivity index (χ3v) is 0.606. The fraction of sp³-hybridized carbons (Fsp3) is 0.500. The second-order valence-corrected chi connectivity index (χ2v) is 1.60. The van der Waals surface area contributed by atoms with Crippen molar-refractivity contribution in [1.82, 2.24) is 0 Å². The Hall–Kier alpha value is -1.14. The average molecular weight is 149 g/mol. The SMILES string of the molecule is CC(=O)OC(N)(O)C(=O)O. The topological polar surface area (TPSA) is 110 Å². The Morgan fingerprint density at radius 2 is 2.00 bits per heavy atom. The molecule has 0 heterocycles. The zero-order valence-electron chi connectivity index (χ0n) is 5.20. The maximum atomic E-state index is 10.0. The van der Waals surface area contributed by atoms with Gasteiger partial charge in [0, 0.05) is 6.92 Å². The van der Waals surface area contributed by atoms with Gasteiger partial charge >= 0.3 is 17.8 Å². The summed E-state index contributed by atoms with van der Waals surface area (Å²) < 4.78 is 3.79. The lowest BCUT2D eigenvalue weighted by molar-refractivity contribution is -0.220. The van der Waals surface area contributed by atoms with Gasteiger partial charge in [-0.3, -0.25) is 10.5 Å². The number of nitrogens with two attached hydrogens (primary N) is 1. The lowest BCUT2D eigenvalue weighted by Gasteiger charge is -2.15. The molecule has 0 radical (unpaired) electrons. The predicted molar refractivity (Wildman–Crippen MR) is 28.5 cm³/mol. The van der Waals surface area contributed by atoms with Crippen molar-refractivity contribution in [3.8, 4) is 0 Å². The van der Waals surface area contributed by atoms with Crippen molar-refractivity contribution in [1.29, 1.82) is 0 Å². The summed E-state index contributed by atoms with van der Waals surface area (Å²) in [6, 6.07) is 0. The van der Waals surface area contributed by atoms with Crippen molar-refractivity contribution in [3.05, 3.63) is 0 Å².